The molecular formula is C12H13FN2O2. The summed E-state index contributed by atoms with van der Waals surface area (Å²) in [4.78, 5) is 26.2. The molecule has 0 saturated carbocycles. The van der Waals surface area contributed by atoms with Crippen LogP contribution in [0.5, 0.6) is 0 Å². The van der Waals surface area contributed by atoms with E-state index in [1.807, 2.05) is 6.92 Å². The van der Waals surface area contributed by atoms with Crippen LogP contribution >= 0.6 is 0 Å². The van der Waals surface area contributed by atoms with Gasteiger partial charge in [0.25, 0.3) is 0 Å². The summed E-state index contributed by atoms with van der Waals surface area (Å²) in [7, 11) is 0. The van der Waals surface area contributed by atoms with Crippen molar-refractivity contribution >= 4 is 17.6 Å². The highest BCUT2D eigenvalue weighted by Crippen LogP contribution is 2.23. The molecule has 1 aromatic rings. The molecule has 0 bridgehead atoms. The lowest BCUT2D eigenvalue weighted by atomic mass is 10.2. The van der Waals surface area contributed by atoms with Gasteiger partial charge < -0.3 is 4.90 Å². The molecule has 4 nitrogen and oxygen atoms in total. The standard InChI is InChI=1S/C12H13FN2O2/c1-2-14-8-7-11(16)15(12(14)17)10-6-4-3-5-9(10)13/h3-6H,2,7-8H2,1H3. The fourth-order valence-corrected chi connectivity index (χ4v) is 1.85. The van der Waals surface area contributed by atoms with E-state index in [1.165, 1.54) is 23.1 Å². The first-order valence-electron chi connectivity index (χ1n) is 5.51. The van der Waals surface area contributed by atoms with Crippen LogP contribution < -0.4 is 4.90 Å². The van der Waals surface area contributed by atoms with Crippen LogP contribution in [0, 0.1) is 5.82 Å². The second-order valence-corrected chi connectivity index (χ2v) is 3.79. The molecule has 0 unspecified atom stereocenters. The van der Waals surface area contributed by atoms with E-state index in [4.69, 9.17) is 0 Å². The van der Waals surface area contributed by atoms with Gasteiger partial charge in [0.15, 0.2) is 0 Å². The fraction of sp³-hybridized carbons (Fsp3) is 0.333. The van der Waals surface area contributed by atoms with Gasteiger partial charge in [-0.05, 0) is 19.1 Å². The van der Waals surface area contributed by atoms with Gasteiger partial charge in [-0.1, -0.05) is 12.1 Å². The molecule has 0 radical (unpaired) electrons. The molecule has 90 valence electrons. The Labute approximate surface area is 98.6 Å². The lowest BCUT2D eigenvalue weighted by Gasteiger charge is -2.33. The van der Waals surface area contributed by atoms with Crippen molar-refractivity contribution in [2.45, 2.75) is 13.3 Å². The van der Waals surface area contributed by atoms with E-state index in [2.05, 4.69) is 0 Å². The molecule has 17 heavy (non-hydrogen) atoms. The Morgan fingerprint density at radius 2 is 2.00 bits per heavy atom. The third kappa shape index (κ3) is 2.00. The summed E-state index contributed by atoms with van der Waals surface area (Å²) in [5.41, 5.74) is 0.0284. The summed E-state index contributed by atoms with van der Waals surface area (Å²) in [5, 5.41) is 0. The molecule has 1 saturated heterocycles. The normalized spacial score (nSPS) is 16.6. The third-order valence-corrected chi connectivity index (χ3v) is 2.78. The van der Waals surface area contributed by atoms with Crippen LogP contribution in [0.1, 0.15) is 13.3 Å². The molecule has 0 aliphatic carbocycles. The second kappa shape index (κ2) is 4.53. The molecule has 0 spiro atoms. The van der Waals surface area contributed by atoms with E-state index in [9.17, 15) is 14.0 Å². The summed E-state index contributed by atoms with van der Waals surface area (Å²) >= 11 is 0. The highest BCUT2D eigenvalue weighted by atomic mass is 19.1. The predicted octanol–water partition coefficient (Wildman–Crippen LogP) is 2.00. The molecule has 0 N–H and O–H groups in total. The van der Waals surface area contributed by atoms with Crippen molar-refractivity contribution < 1.29 is 14.0 Å². The van der Waals surface area contributed by atoms with Gasteiger partial charge in [-0.2, -0.15) is 0 Å². The zero-order chi connectivity index (χ0) is 12.4. The maximum atomic E-state index is 13.6. The van der Waals surface area contributed by atoms with E-state index in [-0.39, 0.29) is 18.0 Å². The molecule has 1 aromatic carbocycles. The summed E-state index contributed by atoms with van der Waals surface area (Å²) in [6, 6.07) is 5.35. The molecule has 0 aromatic heterocycles. The van der Waals surface area contributed by atoms with Crippen LogP contribution in [0.15, 0.2) is 24.3 Å². The molecule has 2 rings (SSSR count). The van der Waals surface area contributed by atoms with Gasteiger partial charge in [-0.25, -0.2) is 14.1 Å². The minimum atomic E-state index is -0.563. The molecule has 1 aliphatic rings. The summed E-state index contributed by atoms with van der Waals surface area (Å²) < 4.78 is 13.6. The van der Waals surface area contributed by atoms with E-state index in [0.717, 1.165) is 4.90 Å². The number of nitrogens with zero attached hydrogens (tertiary/aromatic N) is 2. The first kappa shape index (κ1) is 11.6. The smallest absolute Gasteiger partial charge is 0.324 e. The Bertz CT molecular complexity index is 462. The van der Waals surface area contributed by atoms with Gasteiger partial charge in [0.05, 0.1) is 5.69 Å². The topological polar surface area (TPSA) is 40.6 Å². The van der Waals surface area contributed by atoms with Gasteiger partial charge in [0.1, 0.15) is 5.82 Å². The molecule has 1 aliphatic heterocycles. The minimum Gasteiger partial charge on any atom is -0.324 e. The summed E-state index contributed by atoms with van der Waals surface area (Å²) in [5.74, 6) is -0.919. The number of rotatable bonds is 2. The summed E-state index contributed by atoms with van der Waals surface area (Å²) in [6.07, 6.45) is 0.230. The molecule has 3 amide bonds. The van der Waals surface area contributed by atoms with E-state index in [0.29, 0.717) is 13.1 Å². The van der Waals surface area contributed by atoms with Gasteiger partial charge >= 0.3 is 6.03 Å². The number of para-hydroxylation sites is 1. The van der Waals surface area contributed by atoms with Crippen molar-refractivity contribution in [1.29, 1.82) is 0 Å². The first-order valence-corrected chi connectivity index (χ1v) is 5.51. The van der Waals surface area contributed by atoms with Crippen LogP contribution in [-0.2, 0) is 4.79 Å². The van der Waals surface area contributed by atoms with E-state index < -0.39 is 11.8 Å². The van der Waals surface area contributed by atoms with Crippen LogP contribution in [0.3, 0.4) is 0 Å². The fourth-order valence-electron chi connectivity index (χ4n) is 1.85. The maximum absolute atomic E-state index is 13.6. The predicted molar refractivity (Wildman–Crippen MR) is 61.1 cm³/mol. The SMILES string of the molecule is CCN1CCC(=O)N(c2ccccc2F)C1=O. The number of carbonyl (C=O) groups is 2. The third-order valence-electron chi connectivity index (χ3n) is 2.78. The van der Waals surface area contributed by atoms with Crippen molar-refractivity contribution in [3.05, 3.63) is 30.1 Å². The van der Waals surface area contributed by atoms with Crippen molar-refractivity contribution in [2.75, 3.05) is 18.0 Å². The largest absolute Gasteiger partial charge is 0.331 e. The number of hydrogen-bond donors (Lipinski definition) is 0. The second-order valence-electron chi connectivity index (χ2n) is 3.79. The summed E-state index contributed by atoms with van der Waals surface area (Å²) in [6.45, 7) is 2.74. The number of amides is 3. The first-order chi connectivity index (χ1) is 8.15. The minimum absolute atomic E-state index is 0.0284. The Morgan fingerprint density at radius 1 is 1.29 bits per heavy atom. The van der Waals surface area contributed by atoms with Crippen LogP contribution in [0.2, 0.25) is 0 Å². The zero-order valence-electron chi connectivity index (χ0n) is 9.52. The van der Waals surface area contributed by atoms with E-state index >= 15 is 0 Å². The molecule has 5 heteroatoms. The van der Waals surface area contributed by atoms with Crippen LogP contribution in [-0.4, -0.2) is 29.9 Å². The number of benzene rings is 1. The Hall–Kier alpha value is -1.91. The van der Waals surface area contributed by atoms with Crippen molar-refractivity contribution in [2.24, 2.45) is 0 Å². The van der Waals surface area contributed by atoms with Crippen molar-refractivity contribution in [1.82, 2.24) is 4.90 Å². The van der Waals surface area contributed by atoms with Gasteiger partial charge in [0, 0.05) is 19.5 Å². The van der Waals surface area contributed by atoms with Crippen LogP contribution in [0.25, 0.3) is 0 Å². The monoisotopic (exact) mass is 236 g/mol. The number of halogens is 1. The number of hydrogen-bond acceptors (Lipinski definition) is 2. The number of urea groups is 1. The van der Waals surface area contributed by atoms with Crippen LogP contribution in [0.4, 0.5) is 14.9 Å². The molecular weight excluding hydrogens is 223 g/mol. The quantitative estimate of drug-likeness (QED) is 0.788. The average molecular weight is 236 g/mol. The van der Waals surface area contributed by atoms with Gasteiger partial charge in [-0.15, -0.1) is 0 Å². The number of imide groups is 1. The van der Waals surface area contributed by atoms with Gasteiger partial charge in [-0.3, -0.25) is 4.79 Å². The molecule has 1 fully saturated rings. The Morgan fingerprint density at radius 3 is 2.65 bits per heavy atom. The number of carbonyl (C=O) groups excluding carboxylic acids is 2. The number of anilines is 1. The maximum Gasteiger partial charge on any atom is 0.331 e. The molecule has 1 heterocycles. The Balaban J connectivity index is 2.38. The lowest BCUT2D eigenvalue weighted by Crippen LogP contribution is -2.52. The van der Waals surface area contributed by atoms with E-state index in [1.54, 1.807) is 6.07 Å². The molecule has 0 atom stereocenters. The van der Waals surface area contributed by atoms with Crippen molar-refractivity contribution in [3.8, 4) is 0 Å². The lowest BCUT2D eigenvalue weighted by molar-refractivity contribution is -0.119. The zero-order valence-corrected chi connectivity index (χ0v) is 9.52. The average Bonchev–Trinajstić information content (AvgIpc) is 2.32. The van der Waals surface area contributed by atoms with Crippen molar-refractivity contribution in [3.63, 3.8) is 0 Å². The highest BCUT2D eigenvalue weighted by Gasteiger charge is 2.33. The Kier molecular flexibility index (Phi) is 3.08. The van der Waals surface area contributed by atoms with Gasteiger partial charge in [0.2, 0.25) is 5.91 Å². The highest BCUT2D eigenvalue weighted by molar-refractivity contribution is 6.15.